The molecule has 20 heavy (non-hydrogen) atoms. The summed E-state index contributed by atoms with van der Waals surface area (Å²) in [7, 11) is 0. The lowest BCUT2D eigenvalue weighted by molar-refractivity contribution is 0.130. The Balaban J connectivity index is 2.05. The molecule has 1 heterocycles. The van der Waals surface area contributed by atoms with Crippen LogP contribution in [0.3, 0.4) is 0 Å². The summed E-state index contributed by atoms with van der Waals surface area (Å²) in [6.45, 7) is 3.79. The summed E-state index contributed by atoms with van der Waals surface area (Å²) in [5.74, 6) is -1.62. The Labute approximate surface area is 120 Å². The highest BCUT2D eigenvalue weighted by molar-refractivity contribution is 5.22. The molecule has 2 unspecified atom stereocenters. The molecule has 2 N–H and O–H groups in total. The molecule has 0 spiro atoms. The molecule has 1 fully saturated rings. The second-order valence-corrected chi connectivity index (χ2v) is 5.68. The average molecular weight is 282 g/mol. The molecule has 1 aromatic rings. The minimum absolute atomic E-state index is 0.283. The summed E-state index contributed by atoms with van der Waals surface area (Å²) in [5, 5.41) is 0. The Morgan fingerprint density at radius 3 is 2.90 bits per heavy atom. The van der Waals surface area contributed by atoms with Gasteiger partial charge >= 0.3 is 0 Å². The van der Waals surface area contributed by atoms with Crippen molar-refractivity contribution in [2.24, 2.45) is 5.73 Å². The second-order valence-electron chi connectivity index (χ2n) is 5.68. The van der Waals surface area contributed by atoms with Crippen molar-refractivity contribution < 1.29 is 8.78 Å². The van der Waals surface area contributed by atoms with Gasteiger partial charge in [-0.2, -0.15) is 0 Å². The number of hydrogen-bond acceptors (Lipinski definition) is 2. The van der Waals surface area contributed by atoms with Crippen LogP contribution in [0.2, 0.25) is 0 Å². The molecule has 0 aromatic heterocycles. The van der Waals surface area contributed by atoms with Gasteiger partial charge in [-0.05, 0) is 31.9 Å². The molecule has 2 nitrogen and oxygen atoms in total. The first-order valence-electron chi connectivity index (χ1n) is 7.57. The van der Waals surface area contributed by atoms with Crippen molar-refractivity contribution in [2.45, 2.75) is 51.1 Å². The number of rotatable bonds is 5. The molecule has 1 aliphatic rings. The lowest BCUT2D eigenvalue weighted by Gasteiger charge is -2.37. The number of piperidine rings is 1. The number of likely N-dealkylation sites (tertiary alicyclic amines) is 1. The van der Waals surface area contributed by atoms with Gasteiger partial charge in [0.2, 0.25) is 0 Å². The molecule has 1 aromatic carbocycles. The van der Waals surface area contributed by atoms with Crippen molar-refractivity contribution in [3.05, 3.63) is 35.4 Å². The number of nitrogens with two attached hydrogens (primary N) is 1. The Kier molecular flexibility index (Phi) is 5.49. The topological polar surface area (TPSA) is 29.3 Å². The zero-order chi connectivity index (χ0) is 14.5. The maximum absolute atomic E-state index is 13.8. The fraction of sp³-hybridized carbons (Fsp3) is 0.625. The summed E-state index contributed by atoms with van der Waals surface area (Å²) in [4.78, 5) is 2.35. The highest BCUT2D eigenvalue weighted by atomic mass is 19.2. The van der Waals surface area contributed by atoms with E-state index in [-0.39, 0.29) is 5.56 Å². The first-order valence-corrected chi connectivity index (χ1v) is 7.57. The van der Waals surface area contributed by atoms with E-state index in [0.29, 0.717) is 12.6 Å². The minimum Gasteiger partial charge on any atom is -0.323 e. The number of hydrogen-bond donors (Lipinski definition) is 1. The fourth-order valence-electron chi connectivity index (χ4n) is 3.12. The van der Waals surface area contributed by atoms with Gasteiger partial charge in [-0.25, -0.2) is 8.78 Å². The molecule has 0 aliphatic carbocycles. The van der Waals surface area contributed by atoms with Crippen molar-refractivity contribution >= 4 is 0 Å². The standard InChI is InChI=1S/C16H24F2N2/c1-2-6-12-7-3-4-10-20(12)11-15(19)13-8-5-9-14(17)16(13)18/h5,8-9,12,15H,2-4,6-7,10-11,19H2,1H3. The zero-order valence-corrected chi connectivity index (χ0v) is 12.1. The van der Waals surface area contributed by atoms with Crippen LogP contribution >= 0.6 is 0 Å². The molecule has 0 amide bonds. The molecule has 2 rings (SSSR count). The zero-order valence-electron chi connectivity index (χ0n) is 12.1. The van der Waals surface area contributed by atoms with E-state index in [1.165, 1.54) is 25.3 Å². The van der Waals surface area contributed by atoms with Gasteiger partial charge in [-0.3, -0.25) is 4.90 Å². The summed E-state index contributed by atoms with van der Waals surface area (Å²) in [6.07, 6.45) is 5.90. The van der Waals surface area contributed by atoms with Gasteiger partial charge in [-0.1, -0.05) is 31.9 Å². The fourth-order valence-corrected chi connectivity index (χ4v) is 3.12. The number of nitrogens with zero attached hydrogens (tertiary/aromatic N) is 1. The Bertz CT molecular complexity index is 434. The normalized spacial score (nSPS) is 21.9. The van der Waals surface area contributed by atoms with Crippen LogP contribution in [-0.2, 0) is 0 Å². The monoisotopic (exact) mass is 282 g/mol. The van der Waals surface area contributed by atoms with Crippen LogP contribution in [0.1, 0.15) is 50.6 Å². The van der Waals surface area contributed by atoms with Crippen LogP contribution in [-0.4, -0.2) is 24.0 Å². The van der Waals surface area contributed by atoms with Crippen molar-refractivity contribution in [1.82, 2.24) is 4.90 Å². The van der Waals surface area contributed by atoms with E-state index in [1.807, 2.05) is 0 Å². The van der Waals surface area contributed by atoms with Crippen molar-refractivity contribution in [3.8, 4) is 0 Å². The SMILES string of the molecule is CCCC1CCCCN1CC(N)c1cccc(F)c1F. The predicted octanol–water partition coefficient (Wildman–Crippen LogP) is 3.62. The van der Waals surface area contributed by atoms with Crippen LogP contribution in [0.15, 0.2) is 18.2 Å². The van der Waals surface area contributed by atoms with E-state index in [4.69, 9.17) is 5.73 Å². The number of benzene rings is 1. The van der Waals surface area contributed by atoms with Gasteiger partial charge in [0, 0.05) is 24.2 Å². The first-order chi connectivity index (χ1) is 9.63. The largest absolute Gasteiger partial charge is 0.323 e. The van der Waals surface area contributed by atoms with E-state index in [9.17, 15) is 8.78 Å². The Hall–Kier alpha value is -1.00. The van der Waals surface area contributed by atoms with Crippen LogP contribution in [0.5, 0.6) is 0 Å². The molecule has 1 saturated heterocycles. The van der Waals surface area contributed by atoms with Gasteiger partial charge in [0.25, 0.3) is 0 Å². The molecule has 0 saturated carbocycles. The van der Waals surface area contributed by atoms with Gasteiger partial charge in [0.05, 0.1) is 0 Å². The lowest BCUT2D eigenvalue weighted by atomic mass is 9.96. The minimum atomic E-state index is -0.818. The average Bonchev–Trinajstić information content (AvgIpc) is 2.44. The summed E-state index contributed by atoms with van der Waals surface area (Å²) < 4.78 is 27.0. The smallest absolute Gasteiger partial charge is 0.163 e. The number of halogens is 2. The highest BCUT2D eigenvalue weighted by Crippen LogP contribution is 2.24. The van der Waals surface area contributed by atoms with Crippen molar-refractivity contribution in [1.29, 1.82) is 0 Å². The molecule has 0 radical (unpaired) electrons. The summed E-state index contributed by atoms with van der Waals surface area (Å²) in [5.41, 5.74) is 6.39. The van der Waals surface area contributed by atoms with Gasteiger partial charge in [-0.15, -0.1) is 0 Å². The molecule has 4 heteroatoms. The maximum Gasteiger partial charge on any atom is 0.163 e. The van der Waals surface area contributed by atoms with Crippen LogP contribution in [0.25, 0.3) is 0 Å². The molecule has 0 bridgehead atoms. The quantitative estimate of drug-likeness (QED) is 0.893. The van der Waals surface area contributed by atoms with Gasteiger partial charge in [0.1, 0.15) is 0 Å². The summed E-state index contributed by atoms with van der Waals surface area (Å²) >= 11 is 0. The third-order valence-electron chi connectivity index (χ3n) is 4.18. The lowest BCUT2D eigenvalue weighted by Crippen LogP contribution is -2.43. The van der Waals surface area contributed by atoms with Crippen molar-refractivity contribution in [2.75, 3.05) is 13.1 Å². The highest BCUT2D eigenvalue weighted by Gasteiger charge is 2.25. The van der Waals surface area contributed by atoms with Gasteiger partial charge < -0.3 is 5.73 Å². The predicted molar refractivity (Wildman–Crippen MR) is 77.4 cm³/mol. The molecular weight excluding hydrogens is 258 g/mol. The van der Waals surface area contributed by atoms with Gasteiger partial charge in [0.15, 0.2) is 11.6 Å². The molecule has 1 aliphatic heterocycles. The first kappa shape index (κ1) is 15.4. The van der Waals surface area contributed by atoms with E-state index in [2.05, 4.69) is 11.8 Å². The third-order valence-corrected chi connectivity index (χ3v) is 4.18. The summed E-state index contributed by atoms with van der Waals surface area (Å²) in [6, 6.07) is 4.31. The van der Waals surface area contributed by atoms with Crippen LogP contribution < -0.4 is 5.73 Å². The Morgan fingerprint density at radius 1 is 1.35 bits per heavy atom. The molecular formula is C16H24F2N2. The van der Waals surface area contributed by atoms with Crippen LogP contribution in [0.4, 0.5) is 8.78 Å². The van der Waals surface area contributed by atoms with E-state index < -0.39 is 17.7 Å². The van der Waals surface area contributed by atoms with Crippen LogP contribution in [0, 0.1) is 11.6 Å². The van der Waals surface area contributed by atoms with E-state index in [1.54, 1.807) is 6.07 Å². The molecule has 2 atom stereocenters. The van der Waals surface area contributed by atoms with Crippen molar-refractivity contribution in [3.63, 3.8) is 0 Å². The maximum atomic E-state index is 13.8. The Morgan fingerprint density at radius 2 is 2.15 bits per heavy atom. The van der Waals surface area contributed by atoms with E-state index in [0.717, 1.165) is 25.5 Å². The second kappa shape index (κ2) is 7.14. The molecule has 112 valence electrons. The third kappa shape index (κ3) is 3.55. The van der Waals surface area contributed by atoms with E-state index >= 15 is 0 Å².